The van der Waals surface area contributed by atoms with Crippen LogP contribution in [0.1, 0.15) is 15.9 Å². The van der Waals surface area contributed by atoms with Crippen LogP contribution in [-0.4, -0.2) is 18.4 Å². The van der Waals surface area contributed by atoms with E-state index in [1.165, 1.54) is 24.3 Å². The van der Waals surface area contributed by atoms with E-state index in [0.29, 0.717) is 5.56 Å². The van der Waals surface area contributed by atoms with Gasteiger partial charge in [-0.05, 0) is 18.2 Å². The maximum atomic E-state index is 13.4. The normalized spacial score (nSPS) is 10.1. The first-order valence-electron chi connectivity index (χ1n) is 6.61. The van der Waals surface area contributed by atoms with Gasteiger partial charge in [0.2, 0.25) is 5.91 Å². The lowest BCUT2D eigenvalue weighted by atomic mass is 10.2. The van der Waals surface area contributed by atoms with Gasteiger partial charge in [-0.15, -0.1) is 0 Å². The fourth-order valence-corrected chi connectivity index (χ4v) is 1.80. The molecule has 22 heavy (non-hydrogen) atoms. The topological polar surface area (TPSA) is 58.2 Å². The molecule has 0 heterocycles. The van der Waals surface area contributed by atoms with Crippen molar-refractivity contribution in [2.75, 3.05) is 6.54 Å². The molecule has 0 fully saturated rings. The highest BCUT2D eigenvalue weighted by molar-refractivity contribution is 5.96. The summed E-state index contributed by atoms with van der Waals surface area (Å²) in [5.74, 6) is -2.25. The zero-order chi connectivity index (χ0) is 15.9. The van der Waals surface area contributed by atoms with E-state index in [1.807, 2.05) is 0 Å². The lowest BCUT2D eigenvalue weighted by Crippen LogP contribution is -2.37. The van der Waals surface area contributed by atoms with Gasteiger partial charge in [-0.25, -0.2) is 8.78 Å². The minimum absolute atomic E-state index is 0.0150. The molecule has 2 N–H and O–H groups in total. The van der Waals surface area contributed by atoms with Gasteiger partial charge in [0.15, 0.2) is 0 Å². The zero-order valence-corrected chi connectivity index (χ0v) is 11.6. The summed E-state index contributed by atoms with van der Waals surface area (Å²) in [6.07, 6.45) is 0. The highest BCUT2D eigenvalue weighted by Gasteiger charge is 2.12. The number of benzene rings is 2. The molecular formula is C16H14F2N2O2. The Balaban J connectivity index is 1.82. The summed E-state index contributed by atoms with van der Waals surface area (Å²) in [4.78, 5) is 23.3. The van der Waals surface area contributed by atoms with Crippen LogP contribution < -0.4 is 10.6 Å². The molecule has 2 rings (SSSR count). The van der Waals surface area contributed by atoms with Crippen molar-refractivity contribution in [3.63, 3.8) is 0 Å². The Labute approximate surface area is 126 Å². The number of halogens is 2. The molecule has 2 aromatic carbocycles. The first-order valence-corrected chi connectivity index (χ1v) is 6.61. The molecule has 0 saturated heterocycles. The molecule has 0 aliphatic heterocycles. The molecule has 0 aliphatic rings. The molecule has 6 heteroatoms. The minimum Gasteiger partial charge on any atom is -0.350 e. The van der Waals surface area contributed by atoms with E-state index >= 15 is 0 Å². The van der Waals surface area contributed by atoms with Crippen LogP contribution in [-0.2, 0) is 11.3 Å². The molecule has 0 radical (unpaired) electrons. The van der Waals surface area contributed by atoms with Gasteiger partial charge in [0.25, 0.3) is 5.91 Å². The van der Waals surface area contributed by atoms with Gasteiger partial charge in [-0.3, -0.25) is 9.59 Å². The van der Waals surface area contributed by atoms with E-state index in [1.54, 1.807) is 18.2 Å². The summed E-state index contributed by atoms with van der Waals surface area (Å²) in [5, 5.41) is 4.78. The quantitative estimate of drug-likeness (QED) is 0.888. The van der Waals surface area contributed by atoms with E-state index < -0.39 is 23.4 Å². The third kappa shape index (κ3) is 4.12. The molecule has 0 aromatic heterocycles. The third-order valence-electron chi connectivity index (χ3n) is 2.96. The molecule has 4 nitrogen and oxygen atoms in total. The number of carbonyl (C=O) groups is 2. The molecule has 0 saturated carbocycles. The van der Waals surface area contributed by atoms with Crippen LogP contribution in [0.25, 0.3) is 0 Å². The Morgan fingerprint density at radius 1 is 0.864 bits per heavy atom. The lowest BCUT2D eigenvalue weighted by Gasteiger charge is -2.08. The first-order chi connectivity index (χ1) is 10.6. The number of carbonyl (C=O) groups excluding carboxylic acids is 2. The summed E-state index contributed by atoms with van der Waals surface area (Å²) in [5.41, 5.74) is 0.209. The van der Waals surface area contributed by atoms with Crippen molar-refractivity contribution in [1.29, 1.82) is 0 Å². The maximum Gasteiger partial charge on any atom is 0.254 e. The third-order valence-corrected chi connectivity index (χ3v) is 2.96. The van der Waals surface area contributed by atoms with E-state index in [-0.39, 0.29) is 18.7 Å². The van der Waals surface area contributed by atoms with Crippen molar-refractivity contribution in [3.8, 4) is 0 Å². The van der Waals surface area contributed by atoms with Gasteiger partial charge in [0.1, 0.15) is 11.6 Å². The minimum atomic E-state index is -0.681. The Hall–Kier alpha value is -2.76. The summed E-state index contributed by atoms with van der Waals surface area (Å²) in [6, 6.07) is 11.5. The van der Waals surface area contributed by atoms with Crippen molar-refractivity contribution >= 4 is 11.8 Å². The number of hydrogen-bond donors (Lipinski definition) is 2. The van der Waals surface area contributed by atoms with E-state index in [2.05, 4.69) is 10.6 Å². The van der Waals surface area contributed by atoms with Crippen LogP contribution in [0, 0.1) is 11.6 Å². The predicted molar refractivity (Wildman–Crippen MR) is 77.0 cm³/mol. The molecule has 0 aliphatic carbocycles. The van der Waals surface area contributed by atoms with Gasteiger partial charge in [0.05, 0.1) is 12.1 Å². The molecule has 2 amide bonds. The Morgan fingerprint density at radius 2 is 1.50 bits per heavy atom. The fraction of sp³-hybridized carbons (Fsp3) is 0.125. The van der Waals surface area contributed by atoms with E-state index in [4.69, 9.17) is 0 Å². The summed E-state index contributed by atoms with van der Waals surface area (Å²) >= 11 is 0. The van der Waals surface area contributed by atoms with Gasteiger partial charge in [-0.1, -0.05) is 30.3 Å². The molecule has 0 bridgehead atoms. The number of hydrogen-bond acceptors (Lipinski definition) is 2. The lowest BCUT2D eigenvalue weighted by molar-refractivity contribution is -0.120. The van der Waals surface area contributed by atoms with E-state index in [9.17, 15) is 18.4 Å². The van der Waals surface area contributed by atoms with Crippen LogP contribution in [0.15, 0.2) is 48.5 Å². The standard InChI is InChI=1S/C16H14F2N2O2/c17-13-7-3-1-5-11(13)9-19-15(21)10-20-16(22)12-6-2-4-8-14(12)18/h1-8H,9-10H2,(H,19,21)(H,20,22). The Kier molecular flexibility index (Phi) is 5.19. The van der Waals surface area contributed by atoms with Crippen LogP contribution >= 0.6 is 0 Å². The molecule has 2 aromatic rings. The second kappa shape index (κ2) is 7.31. The molecule has 114 valence electrons. The zero-order valence-electron chi connectivity index (χ0n) is 11.6. The van der Waals surface area contributed by atoms with Gasteiger partial charge in [-0.2, -0.15) is 0 Å². The molecular weight excluding hydrogens is 290 g/mol. The Morgan fingerprint density at radius 3 is 2.18 bits per heavy atom. The highest BCUT2D eigenvalue weighted by atomic mass is 19.1. The van der Waals surface area contributed by atoms with Crippen LogP contribution in [0.5, 0.6) is 0 Å². The van der Waals surface area contributed by atoms with Crippen molar-refractivity contribution in [3.05, 3.63) is 71.3 Å². The fourth-order valence-electron chi connectivity index (χ4n) is 1.80. The highest BCUT2D eigenvalue weighted by Crippen LogP contribution is 2.06. The first kappa shape index (κ1) is 15.6. The van der Waals surface area contributed by atoms with Gasteiger partial charge < -0.3 is 10.6 Å². The molecule has 0 atom stereocenters. The van der Waals surface area contributed by atoms with Crippen molar-refractivity contribution in [1.82, 2.24) is 10.6 Å². The maximum absolute atomic E-state index is 13.4. The summed E-state index contributed by atoms with van der Waals surface area (Å²) in [7, 11) is 0. The number of rotatable bonds is 5. The average Bonchev–Trinajstić information content (AvgIpc) is 2.52. The smallest absolute Gasteiger partial charge is 0.254 e. The summed E-state index contributed by atoms with van der Waals surface area (Å²) < 4.78 is 26.7. The molecule has 0 spiro atoms. The van der Waals surface area contributed by atoms with Crippen LogP contribution in [0.2, 0.25) is 0 Å². The second-order valence-electron chi connectivity index (χ2n) is 4.53. The largest absolute Gasteiger partial charge is 0.350 e. The predicted octanol–water partition coefficient (Wildman–Crippen LogP) is 2.01. The SMILES string of the molecule is O=C(CNC(=O)c1ccccc1F)NCc1ccccc1F. The average molecular weight is 304 g/mol. The van der Waals surface area contributed by atoms with Crippen LogP contribution in [0.4, 0.5) is 8.78 Å². The van der Waals surface area contributed by atoms with Crippen molar-refractivity contribution in [2.24, 2.45) is 0 Å². The number of amides is 2. The van der Waals surface area contributed by atoms with Crippen molar-refractivity contribution < 1.29 is 18.4 Å². The van der Waals surface area contributed by atoms with E-state index in [0.717, 1.165) is 6.07 Å². The van der Waals surface area contributed by atoms with Crippen molar-refractivity contribution in [2.45, 2.75) is 6.54 Å². The monoisotopic (exact) mass is 304 g/mol. The van der Waals surface area contributed by atoms with Gasteiger partial charge >= 0.3 is 0 Å². The number of nitrogens with one attached hydrogen (secondary N) is 2. The molecule has 0 unspecified atom stereocenters. The van der Waals surface area contributed by atoms with Gasteiger partial charge in [0, 0.05) is 12.1 Å². The Bertz CT molecular complexity index is 689. The summed E-state index contributed by atoms with van der Waals surface area (Å²) in [6.45, 7) is -0.303. The second-order valence-corrected chi connectivity index (χ2v) is 4.53. The van der Waals surface area contributed by atoms with Crippen LogP contribution in [0.3, 0.4) is 0 Å².